The molecule has 0 N–H and O–H groups in total. The number of aryl methyl sites for hydroxylation is 2. The summed E-state index contributed by atoms with van der Waals surface area (Å²) in [5.74, 6) is 0. The molecule has 3 heteroatoms. The van der Waals surface area contributed by atoms with Crippen LogP contribution in [0.25, 0.3) is 0 Å². The van der Waals surface area contributed by atoms with Gasteiger partial charge in [0.2, 0.25) is 11.6 Å². The van der Waals surface area contributed by atoms with Gasteiger partial charge in [-0.2, -0.15) is 9.83 Å². The van der Waals surface area contributed by atoms with Gasteiger partial charge >= 0.3 is 0 Å². The van der Waals surface area contributed by atoms with Crippen molar-refractivity contribution in [3.05, 3.63) is 16.1 Å². The monoisotopic (exact) mass is 153 g/mol. The van der Waals surface area contributed by atoms with Crippen LogP contribution in [0.4, 0.5) is 0 Å². The maximum absolute atomic E-state index is 8.42. The van der Waals surface area contributed by atoms with Crippen LogP contribution < -0.4 is 4.57 Å². The zero-order valence-corrected chi connectivity index (χ0v) is 6.90. The smallest absolute Gasteiger partial charge is 0.191 e. The van der Waals surface area contributed by atoms with Crippen molar-refractivity contribution in [3.8, 4) is 6.07 Å². The van der Waals surface area contributed by atoms with Gasteiger partial charge in [0.25, 0.3) is 0 Å². The lowest BCUT2D eigenvalue weighted by Crippen LogP contribution is -2.36. The molecular weight excluding hydrogens is 144 g/mol. The number of nitriles is 1. The van der Waals surface area contributed by atoms with Gasteiger partial charge in [-0.25, -0.2) is 0 Å². The number of thiazole rings is 1. The predicted molar refractivity (Wildman–Crippen MR) is 39.6 cm³/mol. The number of aromatic nitrogens is 1. The summed E-state index contributed by atoms with van der Waals surface area (Å²) < 4.78 is 2.00. The molecule has 0 fully saturated rings. The molecule has 0 aromatic carbocycles. The van der Waals surface area contributed by atoms with Crippen molar-refractivity contribution in [2.24, 2.45) is 0 Å². The lowest BCUT2D eigenvalue weighted by atomic mass is 10.5. The Morgan fingerprint density at radius 3 is 2.80 bits per heavy atom. The Labute approximate surface area is 64.4 Å². The minimum Gasteiger partial charge on any atom is -0.191 e. The topological polar surface area (TPSA) is 27.7 Å². The molecule has 1 heterocycles. The molecule has 1 aromatic rings. The third-order valence-corrected chi connectivity index (χ3v) is 2.46. The molecule has 0 unspecified atom stereocenters. The molecule has 0 bridgehead atoms. The van der Waals surface area contributed by atoms with Crippen molar-refractivity contribution in [1.82, 2.24) is 0 Å². The third-order valence-electron chi connectivity index (χ3n) is 1.43. The van der Waals surface area contributed by atoms with E-state index in [2.05, 4.69) is 11.4 Å². The number of rotatable bonds is 1. The maximum Gasteiger partial charge on any atom is 0.235 e. The first kappa shape index (κ1) is 7.23. The second kappa shape index (κ2) is 2.80. The van der Waals surface area contributed by atoms with Gasteiger partial charge in [0.1, 0.15) is 6.07 Å². The van der Waals surface area contributed by atoms with Crippen molar-refractivity contribution < 1.29 is 4.57 Å². The van der Waals surface area contributed by atoms with Crippen LogP contribution in [0.3, 0.4) is 0 Å². The Morgan fingerprint density at radius 1 is 1.70 bits per heavy atom. The van der Waals surface area contributed by atoms with E-state index in [4.69, 9.17) is 5.26 Å². The molecule has 0 radical (unpaired) electrons. The zero-order chi connectivity index (χ0) is 7.56. The van der Waals surface area contributed by atoms with Crippen LogP contribution in [-0.4, -0.2) is 0 Å². The fraction of sp³-hybridized carbons (Fsp3) is 0.429. The van der Waals surface area contributed by atoms with E-state index in [-0.39, 0.29) is 0 Å². The fourth-order valence-electron chi connectivity index (χ4n) is 0.853. The molecule has 1 rings (SSSR count). The predicted octanol–water partition coefficient (Wildman–Crippen LogP) is 1.18. The van der Waals surface area contributed by atoms with E-state index in [1.165, 1.54) is 10.7 Å². The largest absolute Gasteiger partial charge is 0.235 e. The van der Waals surface area contributed by atoms with E-state index in [0.717, 1.165) is 0 Å². The summed E-state index contributed by atoms with van der Waals surface area (Å²) in [5, 5.41) is 11.7. The normalized spacial score (nSPS) is 9.30. The van der Waals surface area contributed by atoms with Crippen molar-refractivity contribution in [2.45, 2.75) is 20.4 Å². The van der Waals surface area contributed by atoms with E-state index in [0.29, 0.717) is 6.54 Å². The van der Waals surface area contributed by atoms with E-state index in [1.54, 1.807) is 11.3 Å². The van der Waals surface area contributed by atoms with Crippen molar-refractivity contribution in [1.29, 1.82) is 5.26 Å². The molecule has 0 amide bonds. The van der Waals surface area contributed by atoms with Crippen molar-refractivity contribution in [2.75, 3.05) is 0 Å². The summed E-state index contributed by atoms with van der Waals surface area (Å²) in [6.45, 7) is 4.51. The van der Waals surface area contributed by atoms with E-state index < -0.39 is 0 Å². The van der Waals surface area contributed by atoms with Crippen molar-refractivity contribution in [3.63, 3.8) is 0 Å². The van der Waals surface area contributed by atoms with E-state index in [1.807, 2.05) is 18.4 Å². The second-order valence-corrected chi connectivity index (χ2v) is 3.20. The van der Waals surface area contributed by atoms with Crippen molar-refractivity contribution >= 4 is 11.3 Å². The highest BCUT2D eigenvalue weighted by Gasteiger charge is 2.10. The molecule has 0 saturated carbocycles. The van der Waals surface area contributed by atoms with Crippen LogP contribution >= 0.6 is 11.3 Å². The summed E-state index contributed by atoms with van der Waals surface area (Å²) in [5.41, 5.74) is 1.17. The Morgan fingerprint density at radius 2 is 2.40 bits per heavy atom. The molecule has 10 heavy (non-hydrogen) atoms. The maximum atomic E-state index is 8.42. The van der Waals surface area contributed by atoms with Crippen LogP contribution in [0.1, 0.15) is 10.7 Å². The van der Waals surface area contributed by atoms with Crippen LogP contribution in [0.2, 0.25) is 0 Å². The lowest BCUT2D eigenvalue weighted by Gasteiger charge is -1.86. The van der Waals surface area contributed by atoms with Crippen LogP contribution in [0, 0.1) is 25.2 Å². The van der Waals surface area contributed by atoms with E-state index in [9.17, 15) is 0 Å². The van der Waals surface area contributed by atoms with Gasteiger partial charge in [-0.05, 0) is 0 Å². The Kier molecular flexibility index (Phi) is 2.03. The van der Waals surface area contributed by atoms with Crippen LogP contribution in [-0.2, 0) is 6.54 Å². The highest BCUT2D eigenvalue weighted by atomic mass is 32.1. The van der Waals surface area contributed by atoms with Crippen LogP contribution in [0.15, 0.2) is 5.38 Å². The average Bonchev–Trinajstić information content (AvgIpc) is 2.20. The lowest BCUT2D eigenvalue weighted by molar-refractivity contribution is -0.691. The summed E-state index contributed by atoms with van der Waals surface area (Å²) in [6, 6.07) is 2.12. The molecule has 0 aliphatic rings. The third kappa shape index (κ3) is 1.17. The quantitative estimate of drug-likeness (QED) is 0.557. The molecule has 2 nitrogen and oxygen atoms in total. The van der Waals surface area contributed by atoms with Gasteiger partial charge in [0, 0.05) is 13.8 Å². The molecule has 0 spiro atoms. The van der Waals surface area contributed by atoms with Gasteiger partial charge in [-0.3, -0.25) is 0 Å². The van der Waals surface area contributed by atoms with Gasteiger partial charge in [0.15, 0.2) is 5.69 Å². The number of hydrogen-bond donors (Lipinski definition) is 0. The summed E-state index contributed by atoms with van der Waals surface area (Å²) in [4.78, 5) is 0. The minimum absolute atomic E-state index is 0.473. The van der Waals surface area contributed by atoms with Gasteiger partial charge in [-0.15, -0.1) is 0 Å². The molecule has 0 atom stereocenters. The first-order valence-corrected chi connectivity index (χ1v) is 3.95. The van der Waals surface area contributed by atoms with Gasteiger partial charge < -0.3 is 0 Å². The zero-order valence-electron chi connectivity index (χ0n) is 6.09. The number of hydrogen-bond acceptors (Lipinski definition) is 2. The minimum atomic E-state index is 0.473. The Hall–Kier alpha value is -0.880. The van der Waals surface area contributed by atoms with E-state index >= 15 is 0 Å². The molecule has 52 valence electrons. The Bertz CT molecular complexity index is 250. The summed E-state index contributed by atoms with van der Waals surface area (Å²) in [7, 11) is 0. The fourth-order valence-corrected chi connectivity index (χ4v) is 1.66. The van der Waals surface area contributed by atoms with Gasteiger partial charge in [-0.1, -0.05) is 11.3 Å². The Balaban J connectivity index is 3.01. The average molecular weight is 153 g/mol. The SMILES string of the molecule is Cc1csc(C)[n+]1CC#N. The number of nitrogens with zero attached hydrogens (tertiary/aromatic N) is 2. The molecule has 0 aliphatic carbocycles. The first-order valence-electron chi connectivity index (χ1n) is 3.07. The summed E-state index contributed by atoms with van der Waals surface area (Å²) in [6.07, 6.45) is 0. The van der Waals surface area contributed by atoms with Gasteiger partial charge in [0.05, 0.1) is 5.38 Å². The molecular formula is C7H9N2S+. The summed E-state index contributed by atoms with van der Waals surface area (Å²) >= 11 is 1.68. The second-order valence-electron chi connectivity index (χ2n) is 2.14. The molecule has 1 aromatic heterocycles. The van der Waals surface area contributed by atoms with Crippen LogP contribution in [0.5, 0.6) is 0 Å². The molecule has 0 aliphatic heterocycles. The highest BCUT2D eigenvalue weighted by Crippen LogP contribution is 2.03. The first-order chi connectivity index (χ1) is 4.75. The highest BCUT2D eigenvalue weighted by molar-refractivity contribution is 7.09. The molecule has 0 saturated heterocycles. The standard InChI is InChI=1S/C7H9N2S/c1-6-5-10-7(2)9(6)4-3-8/h5H,4H2,1-2H3/q+1.